The smallest absolute Gasteiger partial charge is 0.329 e. The largest absolute Gasteiger partial charge is 0.385 e. The first kappa shape index (κ1) is 42.5. The van der Waals surface area contributed by atoms with Crippen LogP contribution < -0.4 is 36.3 Å². The van der Waals surface area contributed by atoms with Crippen molar-refractivity contribution >= 4 is 63.0 Å². The van der Waals surface area contributed by atoms with Crippen LogP contribution in [-0.2, 0) is 27.8 Å². The van der Waals surface area contributed by atoms with Gasteiger partial charge in [-0.05, 0) is 88.1 Å². The first-order valence-electron chi connectivity index (χ1n) is 23.5. The number of anilines is 5. The molecule has 2 atom stereocenters. The Kier molecular flexibility index (Phi) is 10.7. The molecule has 1 aliphatic carbocycles. The molecule has 5 aromatic rings. The van der Waals surface area contributed by atoms with E-state index in [2.05, 4.69) is 48.9 Å². The number of alkyl halides is 2. The predicted octanol–water partition coefficient (Wildman–Crippen LogP) is 4.35. The Hall–Kier alpha value is -6.08. The molecule has 4 saturated heterocycles. The van der Waals surface area contributed by atoms with Crippen LogP contribution in [0.2, 0.25) is 0 Å². The van der Waals surface area contributed by atoms with Gasteiger partial charge in [-0.1, -0.05) is 6.07 Å². The maximum Gasteiger partial charge on any atom is 0.329 e. The monoisotopic (exact) mass is 906 g/mol. The van der Waals surface area contributed by atoms with Crippen LogP contribution in [0, 0.1) is 0 Å². The highest BCUT2D eigenvalue weighted by Crippen LogP contribution is 2.42. The summed E-state index contributed by atoms with van der Waals surface area (Å²) in [5.41, 5.74) is 6.73. The Bertz CT molecular complexity index is 2790. The summed E-state index contributed by atoms with van der Waals surface area (Å²) in [6.45, 7) is 3.63. The quantitative estimate of drug-likeness (QED) is 0.170. The standard InChI is InChI=1S/C47H56F2N12O5/c1-50-33-25-41(54-61-39(26-51-43(33)61)45(64)52-28-6-7-28)59-23-16-32-34(4-3-5-35(32)59)56-18-12-30(13-19-56)66-31-14-20-57(21-15-31)40-17-22-58(27-47(40,48)49)29-8-9-36-38(24-29)55(2)46(65)60(36)37-10-11-42(62)53-44(37)63/h3-5,8-9,24-26,28,30-31,37,40,50H,6-7,10-23,27H2,1-2H3,(H,52,64)(H,53,62,63)/t37?,40-/m1/s1. The fraction of sp³-hybridized carbons (Fsp3) is 0.532. The molecule has 66 heavy (non-hydrogen) atoms. The molecule has 17 nitrogen and oxygen atoms in total. The van der Waals surface area contributed by atoms with E-state index in [0.29, 0.717) is 67.0 Å². The van der Waals surface area contributed by atoms with E-state index in [1.54, 1.807) is 40.9 Å². The number of fused-ring (bicyclic) bond motifs is 3. The number of nitrogens with zero attached hydrogens (tertiary/aromatic N) is 9. The number of hydrogen-bond donors (Lipinski definition) is 3. The van der Waals surface area contributed by atoms with Gasteiger partial charge in [-0.25, -0.2) is 23.1 Å². The maximum atomic E-state index is 16.1. The first-order valence-corrected chi connectivity index (χ1v) is 23.5. The highest BCUT2D eigenvalue weighted by atomic mass is 19.3. The van der Waals surface area contributed by atoms with Crippen molar-refractivity contribution in [3.63, 3.8) is 0 Å². The molecule has 1 saturated carbocycles. The second kappa shape index (κ2) is 16.7. The number of carbonyl (C=O) groups is 3. The molecule has 3 N–H and O–H groups in total. The zero-order valence-electron chi connectivity index (χ0n) is 37.3. The van der Waals surface area contributed by atoms with E-state index in [1.807, 2.05) is 18.0 Å². The summed E-state index contributed by atoms with van der Waals surface area (Å²) in [4.78, 5) is 63.6. The minimum atomic E-state index is -2.95. The Morgan fingerprint density at radius 3 is 2.32 bits per heavy atom. The van der Waals surface area contributed by atoms with Crippen molar-refractivity contribution in [2.45, 2.75) is 100 Å². The van der Waals surface area contributed by atoms with E-state index < -0.39 is 36.1 Å². The van der Waals surface area contributed by atoms with E-state index in [4.69, 9.17) is 9.84 Å². The summed E-state index contributed by atoms with van der Waals surface area (Å²) in [7, 11) is 3.46. The van der Waals surface area contributed by atoms with E-state index >= 15 is 8.78 Å². The second-order valence-corrected chi connectivity index (χ2v) is 18.9. The number of piperidine rings is 4. The van der Waals surface area contributed by atoms with Crippen LogP contribution in [0.1, 0.15) is 79.9 Å². The molecule has 348 valence electrons. The van der Waals surface area contributed by atoms with E-state index in [-0.39, 0.29) is 42.9 Å². The number of imidazole rings is 2. The van der Waals surface area contributed by atoms with Crippen molar-refractivity contribution in [3.05, 3.63) is 70.4 Å². The number of halogens is 2. The number of ether oxygens (including phenoxy) is 1. The van der Waals surface area contributed by atoms with Crippen LogP contribution in [0.4, 0.5) is 37.3 Å². The third kappa shape index (κ3) is 7.62. The minimum absolute atomic E-state index is 0.0371. The third-order valence-corrected chi connectivity index (χ3v) is 14.8. The van der Waals surface area contributed by atoms with Crippen molar-refractivity contribution in [1.82, 2.24) is 39.3 Å². The Labute approximate surface area is 380 Å². The Morgan fingerprint density at radius 2 is 1.59 bits per heavy atom. The number of hydrogen-bond acceptors (Lipinski definition) is 12. The van der Waals surface area contributed by atoms with Gasteiger partial charge in [0.25, 0.3) is 11.8 Å². The van der Waals surface area contributed by atoms with E-state index in [0.717, 1.165) is 68.9 Å². The molecule has 1 unspecified atom stereocenters. The van der Waals surface area contributed by atoms with Gasteiger partial charge in [0.05, 0.1) is 47.7 Å². The molecule has 2 aromatic carbocycles. The number of benzene rings is 2. The van der Waals surface area contributed by atoms with Crippen molar-refractivity contribution in [2.75, 3.05) is 72.9 Å². The molecule has 6 aliphatic rings. The maximum absolute atomic E-state index is 16.1. The number of rotatable bonds is 10. The number of nitrogens with one attached hydrogen (secondary N) is 3. The molecule has 5 aliphatic heterocycles. The molecule has 0 radical (unpaired) electrons. The first-order chi connectivity index (χ1) is 31.9. The normalized spacial score (nSPS) is 23.2. The molecule has 3 aromatic heterocycles. The topological polar surface area (TPSA) is 167 Å². The van der Waals surface area contributed by atoms with Crippen molar-refractivity contribution in [3.8, 4) is 0 Å². The highest BCUT2D eigenvalue weighted by molar-refractivity contribution is 6.00. The zero-order valence-corrected chi connectivity index (χ0v) is 37.3. The summed E-state index contributed by atoms with van der Waals surface area (Å²) in [6.07, 6.45) is 8.49. The molecule has 3 amide bonds. The SMILES string of the molecule is CNc1cc(N2CCc3c(N4CCC(OC5CCN([C@@H]6CCN(c7ccc8c(c7)n(C)c(=O)n8C7CCC(=O)NC7=O)CC6(F)F)CC5)CC4)cccc32)nn2c(C(=O)NC3CC3)cnc12. The fourth-order valence-corrected chi connectivity index (χ4v) is 11.1. The van der Waals surface area contributed by atoms with Gasteiger partial charge in [0.1, 0.15) is 6.04 Å². The summed E-state index contributed by atoms with van der Waals surface area (Å²) in [5, 5.41) is 13.6. The number of likely N-dealkylation sites (tertiary alicyclic amines) is 1. The van der Waals surface area contributed by atoms with Gasteiger partial charge in [0, 0.05) is 94.5 Å². The number of imide groups is 1. The lowest BCUT2D eigenvalue weighted by atomic mass is 9.95. The summed E-state index contributed by atoms with van der Waals surface area (Å²) in [5.74, 6) is -3.25. The molecule has 0 spiro atoms. The van der Waals surface area contributed by atoms with Gasteiger partial charge >= 0.3 is 5.69 Å². The lowest BCUT2D eigenvalue weighted by Crippen LogP contribution is -2.60. The number of amides is 3. The van der Waals surface area contributed by atoms with Crippen LogP contribution in [0.5, 0.6) is 0 Å². The zero-order chi connectivity index (χ0) is 45.4. The summed E-state index contributed by atoms with van der Waals surface area (Å²) < 4.78 is 43.3. The van der Waals surface area contributed by atoms with Crippen LogP contribution >= 0.6 is 0 Å². The van der Waals surface area contributed by atoms with Gasteiger partial charge in [-0.2, -0.15) is 0 Å². The van der Waals surface area contributed by atoms with Crippen molar-refractivity contribution in [2.24, 2.45) is 7.05 Å². The van der Waals surface area contributed by atoms with Gasteiger partial charge in [0.15, 0.2) is 17.2 Å². The fourth-order valence-electron chi connectivity index (χ4n) is 11.1. The van der Waals surface area contributed by atoms with Crippen molar-refractivity contribution in [1.29, 1.82) is 0 Å². The lowest BCUT2D eigenvalue weighted by Gasteiger charge is -2.46. The average molecular weight is 907 g/mol. The third-order valence-electron chi connectivity index (χ3n) is 14.8. The molecule has 19 heteroatoms. The molecular weight excluding hydrogens is 851 g/mol. The predicted molar refractivity (Wildman–Crippen MR) is 245 cm³/mol. The van der Waals surface area contributed by atoms with Crippen LogP contribution in [0.15, 0.2) is 53.5 Å². The number of aromatic nitrogens is 5. The van der Waals surface area contributed by atoms with Gasteiger partial charge in [-0.3, -0.25) is 33.7 Å². The lowest BCUT2D eigenvalue weighted by molar-refractivity contribution is -0.135. The van der Waals surface area contributed by atoms with E-state index in [1.165, 1.54) is 20.4 Å². The van der Waals surface area contributed by atoms with Crippen LogP contribution in [0.3, 0.4) is 0 Å². The van der Waals surface area contributed by atoms with Gasteiger partial charge < -0.3 is 30.1 Å². The van der Waals surface area contributed by atoms with Crippen molar-refractivity contribution < 1.29 is 27.9 Å². The number of aryl methyl sites for hydroxylation is 1. The summed E-state index contributed by atoms with van der Waals surface area (Å²) in [6, 6.07) is 12.2. The molecule has 0 bridgehead atoms. The van der Waals surface area contributed by atoms with Crippen LogP contribution in [-0.4, -0.2) is 129 Å². The second-order valence-electron chi connectivity index (χ2n) is 18.9. The number of carbonyl (C=O) groups excluding carboxylic acids is 3. The average Bonchev–Trinajstić information content (AvgIpc) is 3.74. The molecule has 5 fully saturated rings. The Morgan fingerprint density at radius 1 is 0.848 bits per heavy atom. The highest BCUT2D eigenvalue weighted by Gasteiger charge is 2.48. The summed E-state index contributed by atoms with van der Waals surface area (Å²) >= 11 is 0. The Balaban J connectivity index is 0.687. The van der Waals surface area contributed by atoms with Gasteiger partial charge in [0.2, 0.25) is 11.8 Å². The van der Waals surface area contributed by atoms with Gasteiger partial charge in [-0.15, -0.1) is 5.10 Å². The van der Waals surface area contributed by atoms with E-state index in [9.17, 15) is 19.2 Å². The molecule has 8 heterocycles. The minimum Gasteiger partial charge on any atom is -0.385 e. The molecule has 11 rings (SSSR count). The van der Waals surface area contributed by atoms with Crippen LogP contribution in [0.25, 0.3) is 16.7 Å². The molecular formula is C47H56F2N12O5.